The van der Waals surface area contributed by atoms with Crippen molar-refractivity contribution in [3.05, 3.63) is 24.3 Å². The molecule has 0 spiro atoms. The fraction of sp³-hybridized carbons (Fsp3) is 0.500. The van der Waals surface area contributed by atoms with Gasteiger partial charge < -0.3 is 14.8 Å². The van der Waals surface area contributed by atoms with Gasteiger partial charge in [0.1, 0.15) is 12.3 Å². The van der Waals surface area contributed by atoms with E-state index in [0.717, 1.165) is 19.4 Å². The summed E-state index contributed by atoms with van der Waals surface area (Å²) in [6.07, 6.45) is 1.51. The van der Waals surface area contributed by atoms with Crippen LogP contribution in [0.4, 0.5) is 5.69 Å². The van der Waals surface area contributed by atoms with Crippen molar-refractivity contribution in [1.29, 1.82) is 0 Å². The highest BCUT2D eigenvalue weighted by atomic mass is 16.5. The fourth-order valence-corrected chi connectivity index (χ4v) is 2.75. The first kappa shape index (κ1) is 14.8. The van der Waals surface area contributed by atoms with Crippen LogP contribution in [0, 0.1) is 0 Å². The van der Waals surface area contributed by atoms with Crippen molar-refractivity contribution < 1.29 is 19.1 Å². The number of carbonyl (C=O) groups is 2. The van der Waals surface area contributed by atoms with Crippen LogP contribution in [0.1, 0.15) is 19.8 Å². The van der Waals surface area contributed by atoms with Crippen molar-refractivity contribution in [3.8, 4) is 5.75 Å². The number of rotatable bonds is 4. The molecule has 2 aliphatic rings. The van der Waals surface area contributed by atoms with Gasteiger partial charge in [0.25, 0.3) is 5.91 Å². The number of fused-ring (bicyclic) bond motifs is 1. The highest BCUT2D eigenvalue weighted by Gasteiger charge is 2.32. The highest BCUT2D eigenvalue weighted by molar-refractivity contribution is 6.03. The van der Waals surface area contributed by atoms with Gasteiger partial charge >= 0.3 is 0 Å². The number of hydrogen-bond donors (Lipinski definition) is 1. The van der Waals surface area contributed by atoms with Crippen molar-refractivity contribution >= 4 is 17.5 Å². The molecule has 0 aromatic heterocycles. The number of nitrogens with one attached hydrogen (secondary N) is 1. The van der Waals surface area contributed by atoms with Gasteiger partial charge in [0.2, 0.25) is 5.91 Å². The third kappa shape index (κ3) is 3.06. The summed E-state index contributed by atoms with van der Waals surface area (Å²) in [6, 6.07) is 7.25. The van der Waals surface area contributed by atoms with Gasteiger partial charge in [-0.2, -0.15) is 0 Å². The zero-order valence-electron chi connectivity index (χ0n) is 12.6. The number of anilines is 1. The summed E-state index contributed by atoms with van der Waals surface area (Å²) in [5.74, 6) is 0.236. The van der Waals surface area contributed by atoms with Crippen LogP contribution in [0.15, 0.2) is 24.3 Å². The molecule has 1 N–H and O–H groups in total. The number of hydrogen-bond acceptors (Lipinski definition) is 4. The summed E-state index contributed by atoms with van der Waals surface area (Å²) in [7, 11) is 0. The Morgan fingerprint density at radius 3 is 3.00 bits per heavy atom. The predicted molar refractivity (Wildman–Crippen MR) is 80.9 cm³/mol. The predicted octanol–water partition coefficient (Wildman–Crippen LogP) is 1.10. The lowest BCUT2D eigenvalue weighted by atomic mass is 10.2. The van der Waals surface area contributed by atoms with E-state index in [0.29, 0.717) is 18.0 Å². The first-order valence-electron chi connectivity index (χ1n) is 7.60. The summed E-state index contributed by atoms with van der Waals surface area (Å²) >= 11 is 0. The second kappa shape index (κ2) is 6.36. The second-order valence-corrected chi connectivity index (χ2v) is 5.59. The van der Waals surface area contributed by atoms with Crippen molar-refractivity contribution in [1.82, 2.24) is 5.32 Å². The Bertz CT molecular complexity index is 569. The lowest BCUT2D eigenvalue weighted by Gasteiger charge is -2.32. The van der Waals surface area contributed by atoms with Crippen LogP contribution in [0.3, 0.4) is 0 Å². The van der Waals surface area contributed by atoms with E-state index >= 15 is 0 Å². The summed E-state index contributed by atoms with van der Waals surface area (Å²) < 4.78 is 11.0. The van der Waals surface area contributed by atoms with Gasteiger partial charge in [-0.15, -0.1) is 0 Å². The SMILES string of the molecule is C[C@@H]1Oc2ccccc2N(CC(=O)NC[C@H]2CCCO2)C1=O. The Morgan fingerprint density at radius 2 is 2.23 bits per heavy atom. The largest absolute Gasteiger partial charge is 0.479 e. The van der Waals surface area contributed by atoms with E-state index in [4.69, 9.17) is 9.47 Å². The summed E-state index contributed by atoms with van der Waals surface area (Å²) in [5, 5.41) is 2.84. The lowest BCUT2D eigenvalue weighted by Crippen LogP contribution is -2.49. The van der Waals surface area contributed by atoms with E-state index in [1.54, 1.807) is 19.1 Å². The lowest BCUT2D eigenvalue weighted by molar-refractivity contribution is -0.128. The molecule has 2 atom stereocenters. The van der Waals surface area contributed by atoms with Crippen molar-refractivity contribution in [2.24, 2.45) is 0 Å². The molecule has 1 fully saturated rings. The maximum atomic E-state index is 12.3. The summed E-state index contributed by atoms with van der Waals surface area (Å²) in [6.45, 7) is 2.94. The van der Waals surface area contributed by atoms with Gasteiger partial charge in [-0.3, -0.25) is 14.5 Å². The van der Waals surface area contributed by atoms with Crippen LogP contribution in [-0.4, -0.2) is 43.7 Å². The standard InChI is InChI=1S/C16H20N2O4/c1-11-16(20)18(13-6-2-3-7-14(13)22-11)10-15(19)17-9-12-5-4-8-21-12/h2-3,6-7,11-12H,4-5,8-10H2,1H3,(H,17,19)/t11-,12+/m0/s1. The molecule has 22 heavy (non-hydrogen) atoms. The number of nitrogens with zero attached hydrogens (tertiary/aromatic N) is 1. The van der Waals surface area contributed by atoms with Gasteiger partial charge in [0.15, 0.2) is 6.10 Å². The van der Waals surface area contributed by atoms with Gasteiger partial charge in [0, 0.05) is 13.2 Å². The maximum absolute atomic E-state index is 12.3. The summed E-state index contributed by atoms with van der Waals surface area (Å²) in [4.78, 5) is 25.9. The van der Waals surface area contributed by atoms with Crippen LogP contribution >= 0.6 is 0 Å². The molecular formula is C16H20N2O4. The van der Waals surface area contributed by atoms with Crippen molar-refractivity contribution in [3.63, 3.8) is 0 Å². The number of carbonyl (C=O) groups excluding carboxylic acids is 2. The van der Waals surface area contributed by atoms with E-state index < -0.39 is 6.10 Å². The van der Waals surface area contributed by atoms with Crippen molar-refractivity contribution in [2.75, 3.05) is 24.6 Å². The van der Waals surface area contributed by atoms with E-state index in [2.05, 4.69) is 5.32 Å². The van der Waals surface area contributed by atoms with Crippen LogP contribution in [0.2, 0.25) is 0 Å². The van der Waals surface area contributed by atoms with E-state index in [1.165, 1.54) is 4.90 Å². The first-order valence-corrected chi connectivity index (χ1v) is 7.60. The smallest absolute Gasteiger partial charge is 0.268 e. The van der Waals surface area contributed by atoms with Gasteiger partial charge in [0.05, 0.1) is 11.8 Å². The molecule has 0 saturated carbocycles. The van der Waals surface area contributed by atoms with E-state index in [1.807, 2.05) is 12.1 Å². The highest BCUT2D eigenvalue weighted by Crippen LogP contribution is 2.33. The number of amides is 2. The molecule has 118 valence electrons. The minimum Gasteiger partial charge on any atom is -0.479 e. The quantitative estimate of drug-likeness (QED) is 0.904. The molecule has 2 amide bonds. The Labute approximate surface area is 129 Å². The first-order chi connectivity index (χ1) is 10.6. The molecule has 2 heterocycles. The monoisotopic (exact) mass is 304 g/mol. The zero-order chi connectivity index (χ0) is 15.5. The van der Waals surface area contributed by atoms with Gasteiger partial charge in [-0.05, 0) is 31.9 Å². The average Bonchev–Trinajstić information content (AvgIpc) is 3.03. The molecular weight excluding hydrogens is 284 g/mol. The Balaban J connectivity index is 1.65. The number of benzene rings is 1. The van der Waals surface area contributed by atoms with Crippen LogP contribution in [-0.2, 0) is 14.3 Å². The molecule has 0 bridgehead atoms. The topological polar surface area (TPSA) is 67.9 Å². The second-order valence-electron chi connectivity index (χ2n) is 5.59. The van der Waals surface area contributed by atoms with Crippen LogP contribution < -0.4 is 15.0 Å². The van der Waals surface area contributed by atoms with E-state index in [-0.39, 0.29) is 24.5 Å². The molecule has 0 radical (unpaired) electrons. The number of para-hydroxylation sites is 2. The van der Waals surface area contributed by atoms with Gasteiger partial charge in [-0.1, -0.05) is 12.1 Å². The van der Waals surface area contributed by atoms with E-state index in [9.17, 15) is 9.59 Å². The Morgan fingerprint density at radius 1 is 1.41 bits per heavy atom. The molecule has 6 nitrogen and oxygen atoms in total. The Hall–Kier alpha value is -2.08. The third-order valence-electron chi connectivity index (χ3n) is 3.93. The minimum absolute atomic E-state index is 0.00370. The third-order valence-corrected chi connectivity index (χ3v) is 3.93. The Kier molecular flexibility index (Phi) is 4.29. The zero-order valence-corrected chi connectivity index (χ0v) is 12.6. The van der Waals surface area contributed by atoms with Crippen LogP contribution in [0.25, 0.3) is 0 Å². The minimum atomic E-state index is -0.583. The molecule has 0 unspecified atom stereocenters. The molecule has 2 aliphatic heterocycles. The van der Waals surface area contributed by atoms with Crippen LogP contribution in [0.5, 0.6) is 5.75 Å². The molecule has 1 aromatic carbocycles. The molecule has 1 aromatic rings. The average molecular weight is 304 g/mol. The molecule has 1 saturated heterocycles. The maximum Gasteiger partial charge on any atom is 0.268 e. The fourth-order valence-electron chi connectivity index (χ4n) is 2.75. The normalized spacial score (nSPS) is 23.9. The van der Waals surface area contributed by atoms with Crippen molar-refractivity contribution in [2.45, 2.75) is 32.0 Å². The number of ether oxygens (including phenoxy) is 2. The summed E-state index contributed by atoms with van der Waals surface area (Å²) in [5.41, 5.74) is 0.637. The molecule has 3 rings (SSSR count). The molecule has 6 heteroatoms. The van der Waals surface area contributed by atoms with Gasteiger partial charge in [-0.25, -0.2) is 0 Å². The molecule has 0 aliphatic carbocycles.